The molecule has 0 spiro atoms. The van der Waals surface area contributed by atoms with E-state index in [9.17, 15) is 4.79 Å². The van der Waals surface area contributed by atoms with Crippen molar-refractivity contribution in [1.82, 2.24) is 10.6 Å². The third kappa shape index (κ3) is 3.78. The average Bonchev–Trinajstić information content (AvgIpc) is 2.96. The Kier molecular flexibility index (Phi) is 5.81. The Bertz CT molecular complexity index is 531. The van der Waals surface area contributed by atoms with Crippen LogP contribution in [0.5, 0.6) is 0 Å². The van der Waals surface area contributed by atoms with E-state index in [4.69, 9.17) is 0 Å². The van der Waals surface area contributed by atoms with E-state index >= 15 is 0 Å². The largest absolute Gasteiger partial charge is 0.453 e. The van der Waals surface area contributed by atoms with Crippen LogP contribution in [0.4, 0.5) is 4.79 Å². The molecule has 1 heterocycles. The molecule has 2 N–H and O–H groups in total. The predicted octanol–water partition coefficient (Wildman–Crippen LogP) is 2.95. The van der Waals surface area contributed by atoms with Crippen LogP contribution in [0.25, 0.3) is 0 Å². The summed E-state index contributed by atoms with van der Waals surface area (Å²) in [5.41, 5.74) is 4.05. The first-order valence-electron chi connectivity index (χ1n) is 7.96. The Morgan fingerprint density at radius 1 is 1.32 bits per heavy atom. The molecule has 1 aromatic carbocycles. The van der Waals surface area contributed by atoms with Crippen molar-refractivity contribution in [3.8, 4) is 0 Å². The lowest BCUT2D eigenvalue weighted by atomic mass is 9.91. The van der Waals surface area contributed by atoms with Gasteiger partial charge in [-0.3, -0.25) is 5.32 Å². The number of ether oxygens (including phenoxy) is 1. The van der Waals surface area contributed by atoms with E-state index in [0.717, 1.165) is 25.7 Å². The molecule has 1 atom stereocenters. The summed E-state index contributed by atoms with van der Waals surface area (Å²) < 4.78 is 4.61. The molecule has 0 saturated heterocycles. The van der Waals surface area contributed by atoms with Crippen molar-refractivity contribution in [2.24, 2.45) is 4.99 Å². The van der Waals surface area contributed by atoms with Crippen molar-refractivity contribution >= 4 is 12.1 Å². The summed E-state index contributed by atoms with van der Waals surface area (Å²) in [6, 6.07) is 6.58. The maximum atomic E-state index is 11.3. The smallest absolute Gasteiger partial charge is 0.413 e. The molecule has 1 aromatic rings. The van der Waals surface area contributed by atoms with Gasteiger partial charge in [0.2, 0.25) is 5.96 Å². The Morgan fingerprint density at radius 3 is 2.50 bits per heavy atom. The van der Waals surface area contributed by atoms with Gasteiger partial charge < -0.3 is 10.1 Å². The topological polar surface area (TPSA) is 62.7 Å². The number of hydrogen-bond donors (Lipinski definition) is 2. The molecular formula is C17H25N3O2. The first-order valence-corrected chi connectivity index (χ1v) is 7.96. The van der Waals surface area contributed by atoms with Crippen molar-refractivity contribution < 1.29 is 9.53 Å². The molecule has 22 heavy (non-hydrogen) atoms. The van der Waals surface area contributed by atoms with Crippen molar-refractivity contribution in [1.29, 1.82) is 0 Å². The lowest BCUT2D eigenvalue weighted by molar-refractivity contribution is 0.176. The maximum absolute atomic E-state index is 11.3. The number of aliphatic imine (C=N–C) groups is 1. The van der Waals surface area contributed by atoms with Crippen molar-refractivity contribution in [3.63, 3.8) is 0 Å². The molecule has 0 bridgehead atoms. The molecule has 1 unspecified atom stereocenters. The van der Waals surface area contributed by atoms with Crippen molar-refractivity contribution in [2.75, 3.05) is 13.7 Å². The summed E-state index contributed by atoms with van der Waals surface area (Å²) >= 11 is 0. The van der Waals surface area contributed by atoms with Crippen LogP contribution in [0.15, 0.2) is 23.2 Å². The number of guanidine groups is 1. The predicted molar refractivity (Wildman–Crippen MR) is 88.2 cm³/mol. The van der Waals surface area contributed by atoms with Gasteiger partial charge in [-0.05, 0) is 29.5 Å². The van der Waals surface area contributed by atoms with Gasteiger partial charge in [-0.1, -0.05) is 44.9 Å². The van der Waals surface area contributed by atoms with Gasteiger partial charge in [0, 0.05) is 6.54 Å². The lowest BCUT2D eigenvalue weighted by Gasteiger charge is -2.17. The Balaban J connectivity index is 2.28. The van der Waals surface area contributed by atoms with Gasteiger partial charge in [0.1, 0.15) is 0 Å². The Morgan fingerprint density at radius 2 is 1.95 bits per heavy atom. The van der Waals surface area contributed by atoms with E-state index in [1.54, 1.807) is 0 Å². The highest BCUT2D eigenvalue weighted by Gasteiger charge is 2.24. The number of nitrogens with zero attached hydrogens (tertiary/aromatic N) is 1. The van der Waals surface area contributed by atoms with Gasteiger partial charge in [-0.25, -0.2) is 9.79 Å². The van der Waals surface area contributed by atoms with E-state index in [1.807, 2.05) is 0 Å². The van der Waals surface area contributed by atoms with Crippen LogP contribution in [-0.4, -0.2) is 25.7 Å². The third-order valence-corrected chi connectivity index (χ3v) is 3.81. The van der Waals surface area contributed by atoms with E-state index in [-0.39, 0.29) is 6.04 Å². The molecule has 0 aromatic heterocycles. The van der Waals surface area contributed by atoms with Gasteiger partial charge in [-0.15, -0.1) is 0 Å². The second-order valence-corrected chi connectivity index (χ2v) is 5.48. The van der Waals surface area contributed by atoms with Gasteiger partial charge in [0.15, 0.2) is 0 Å². The quantitative estimate of drug-likeness (QED) is 0.879. The summed E-state index contributed by atoms with van der Waals surface area (Å²) in [7, 11) is 1.35. The SMILES string of the molecule is CCCc1cccc(CCC)c1C1CNC(NC(=O)OC)=N1. The monoisotopic (exact) mass is 303 g/mol. The number of methoxy groups -OCH3 is 1. The minimum atomic E-state index is -0.498. The highest BCUT2D eigenvalue weighted by atomic mass is 16.5. The molecule has 0 fully saturated rings. The summed E-state index contributed by atoms with van der Waals surface area (Å²) in [6.45, 7) is 5.09. The molecule has 1 amide bonds. The number of hydrogen-bond acceptors (Lipinski definition) is 4. The fourth-order valence-corrected chi connectivity index (χ4v) is 2.90. The summed E-state index contributed by atoms with van der Waals surface area (Å²) in [5, 5.41) is 5.76. The molecule has 0 aliphatic carbocycles. The van der Waals surface area contributed by atoms with E-state index in [1.165, 1.54) is 23.8 Å². The number of rotatable bonds is 5. The highest BCUT2D eigenvalue weighted by molar-refractivity contribution is 5.94. The zero-order valence-electron chi connectivity index (χ0n) is 13.6. The minimum absolute atomic E-state index is 0.0523. The molecule has 1 aliphatic heterocycles. The zero-order chi connectivity index (χ0) is 15.9. The Labute approximate surface area is 132 Å². The van der Waals surface area contributed by atoms with Crippen molar-refractivity contribution in [3.05, 3.63) is 34.9 Å². The molecule has 1 aliphatic rings. The molecule has 5 heteroatoms. The fourth-order valence-electron chi connectivity index (χ4n) is 2.90. The fraction of sp³-hybridized carbons (Fsp3) is 0.529. The lowest BCUT2D eigenvalue weighted by Crippen LogP contribution is -2.38. The molecule has 2 rings (SSSR count). The zero-order valence-corrected chi connectivity index (χ0v) is 13.6. The van der Waals surface area contributed by atoms with Gasteiger partial charge >= 0.3 is 6.09 Å². The summed E-state index contributed by atoms with van der Waals surface area (Å²) in [6.07, 6.45) is 3.83. The molecule has 0 radical (unpaired) electrons. The van der Waals surface area contributed by atoms with Crippen LogP contribution >= 0.6 is 0 Å². The normalized spacial score (nSPS) is 16.9. The van der Waals surface area contributed by atoms with Crippen LogP contribution in [0, 0.1) is 0 Å². The average molecular weight is 303 g/mol. The molecular weight excluding hydrogens is 278 g/mol. The van der Waals surface area contributed by atoms with Crippen LogP contribution in [-0.2, 0) is 17.6 Å². The number of carbonyl (C=O) groups excluding carboxylic acids is 1. The van der Waals surface area contributed by atoms with Gasteiger partial charge in [-0.2, -0.15) is 0 Å². The first-order chi connectivity index (χ1) is 10.7. The number of benzene rings is 1. The number of nitrogens with one attached hydrogen (secondary N) is 2. The maximum Gasteiger partial charge on any atom is 0.413 e. The van der Waals surface area contributed by atoms with Gasteiger partial charge in [0.05, 0.1) is 13.2 Å². The number of amides is 1. The van der Waals surface area contributed by atoms with Crippen molar-refractivity contribution in [2.45, 2.75) is 45.6 Å². The van der Waals surface area contributed by atoms with Gasteiger partial charge in [0.25, 0.3) is 0 Å². The summed E-state index contributed by atoms with van der Waals surface area (Å²) in [4.78, 5) is 15.9. The molecule has 120 valence electrons. The van der Waals surface area contributed by atoms with Crippen LogP contribution < -0.4 is 10.6 Å². The number of alkyl carbamates (subject to hydrolysis) is 1. The number of aryl methyl sites for hydroxylation is 2. The second-order valence-electron chi connectivity index (χ2n) is 5.48. The van der Waals surface area contributed by atoms with E-state index < -0.39 is 6.09 Å². The minimum Gasteiger partial charge on any atom is -0.453 e. The molecule has 5 nitrogen and oxygen atoms in total. The Hall–Kier alpha value is -2.04. The van der Waals surface area contributed by atoms with Crippen LogP contribution in [0.2, 0.25) is 0 Å². The third-order valence-electron chi connectivity index (χ3n) is 3.81. The molecule has 0 saturated carbocycles. The summed E-state index contributed by atoms with van der Waals surface area (Å²) in [5.74, 6) is 0.491. The first kappa shape index (κ1) is 16.3. The van der Waals surface area contributed by atoms with Crippen LogP contribution in [0.3, 0.4) is 0 Å². The number of carbonyl (C=O) groups is 1. The standard InChI is InChI=1S/C17H25N3O2/c1-4-7-12-9-6-10-13(8-5-2)15(12)14-11-18-16(19-14)20-17(21)22-3/h6,9-10,14H,4-5,7-8,11H2,1-3H3,(H2,18,19,20,21). The second kappa shape index (κ2) is 7.82. The van der Waals surface area contributed by atoms with E-state index in [0.29, 0.717) is 12.5 Å². The van der Waals surface area contributed by atoms with Crippen LogP contribution in [0.1, 0.15) is 49.4 Å². The highest BCUT2D eigenvalue weighted by Crippen LogP contribution is 2.29. The van der Waals surface area contributed by atoms with E-state index in [2.05, 4.69) is 52.4 Å².